The van der Waals surface area contributed by atoms with Gasteiger partial charge in [-0.05, 0) is 11.6 Å². The van der Waals surface area contributed by atoms with E-state index in [2.05, 4.69) is 0 Å². The summed E-state index contributed by atoms with van der Waals surface area (Å²) in [6.07, 6.45) is -0.277. The van der Waals surface area contributed by atoms with Crippen LogP contribution >= 0.6 is 0 Å². The number of hydrogen-bond donors (Lipinski definition) is 4. The first-order valence-corrected chi connectivity index (χ1v) is 4.98. The fourth-order valence-corrected chi connectivity index (χ4v) is 1.62. The lowest BCUT2D eigenvalue weighted by Gasteiger charge is -2.17. The Morgan fingerprint density at radius 1 is 1.53 bits per heavy atom. The van der Waals surface area contributed by atoms with E-state index in [4.69, 9.17) is 20.7 Å². The molecule has 17 heavy (non-hydrogen) atoms. The Morgan fingerprint density at radius 3 is 2.65 bits per heavy atom. The molecule has 0 unspecified atom stereocenters. The summed E-state index contributed by atoms with van der Waals surface area (Å²) in [4.78, 5) is 10.7. The lowest BCUT2D eigenvalue weighted by atomic mass is 9.97. The first-order valence-electron chi connectivity index (χ1n) is 4.98. The van der Waals surface area contributed by atoms with E-state index in [0.717, 1.165) is 0 Å². The second-order valence-corrected chi connectivity index (χ2v) is 3.55. The van der Waals surface area contributed by atoms with Crippen molar-refractivity contribution in [2.24, 2.45) is 5.73 Å². The van der Waals surface area contributed by atoms with E-state index in [1.54, 1.807) is 0 Å². The van der Waals surface area contributed by atoms with Crippen molar-refractivity contribution in [2.45, 2.75) is 12.5 Å². The zero-order valence-corrected chi connectivity index (χ0v) is 9.38. The largest absolute Gasteiger partial charge is 0.504 e. The van der Waals surface area contributed by atoms with Crippen LogP contribution in [-0.4, -0.2) is 35.0 Å². The Labute approximate surface area is 98.3 Å². The Balaban J connectivity index is 3.29. The van der Waals surface area contributed by atoms with Crippen LogP contribution in [0.1, 0.15) is 17.2 Å². The first-order chi connectivity index (χ1) is 8.01. The predicted molar refractivity (Wildman–Crippen MR) is 60.0 cm³/mol. The van der Waals surface area contributed by atoms with Crippen molar-refractivity contribution >= 4 is 5.97 Å². The Hall–Kier alpha value is -1.79. The molecule has 0 aromatic heterocycles. The lowest BCUT2D eigenvalue weighted by molar-refractivity contribution is -0.136. The molecule has 5 N–H and O–H groups in total. The van der Waals surface area contributed by atoms with Gasteiger partial charge in [0.15, 0.2) is 11.5 Å². The van der Waals surface area contributed by atoms with Crippen molar-refractivity contribution in [1.29, 1.82) is 0 Å². The number of carboxylic acids is 1. The molecule has 0 aliphatic carbocycles. The van der Waals surface area contributed by atoms with Crippen molar-refractivity contribution in [3.8, 4) is 11.5 Å². The molecule has 0 fully saturated rings. The van der Waals surface area contributed by atoms with Gasteiger partial charge in [0.05, 0.1) is 26.2 Å². The van der Waals surface area contributed by atoms with Crippen LogP contribution in [0.2, 0.25) is 0 Å². The van der Waals surface area contributed by atoms with Crippen LogP contribution in [0.25, 0.3) is 0 Å². The molecule has 0 radical (unpaired) electrons. The van der Waals surface area contributed by atoms with E-state index in [1.807, 2.05) is 0 Å². The van der Waals surface area contributed by atoms with E-state index in [1.165, 1.54) is 19.2 Å². The standard InChI is InChI=1S/C11H15NO5/c1-17-8-3-2-6(4-9(14)15)10(11(8)16)7(12)5-13/h2-3,7,13,16H,4-5,12H2,1H3,(H,14,15)/t7-/m0/s1. The number of phenolic OH excluding ortho intramolecular Hbond substituents is 1. The molecule has 1 aromatic carbocycles. The summed E-state index contributed by atoms with van der Waals surface area (Å²) in [7, 11) is 1.38. The van der Waals surface area contributed by atoms with Crippen LogP contribution in [0.15, 0.2) is 12.1 Å². The number of ether oxygens (including phenoxy) is 1. The normalized spacial score (nSPS) is 12.2. The molecular formula is C11H15NO5. The molecule has 0 aliphatic heterocycles. The molecule has 0 saturated heterocycles. The Bertz CT molecular complexity index is 419. The number of phenols is 1. The molecular weight excluding hydrogens is 226 g/mol. The van der Waals surface area contributed by atoms with Crippen molar-refractivity contribution in [3.63, 3.8) is 0 Å². The summed E-state index contributed by atoms with van der Waals surface area (Å²) in [6.45, 7) is -0.395. The van der Waals surface area contributed by atoms with Gasteiger partial charge in [0.2, 0.25) is 0 Å². The highest BCUT2D eigenvalue weighted by Crippen LogP contribution is 2.35. The SMILES string of the molecule is COc1ccc(CC(=O)O)c([C@@H](N)CO)c1O. The number of aromatic hydroxyl groups is 1. The summed E-state index contributed by atoms with van der Waals surface area (Å²) < 4.78 is 4.91. The monoisotopic (exact) mass is 241 g/mol. The number of nitrogens with two attached hydrogens (primary N) is 1. The minimum Gasteiger partial charge on any atom is -0.504 e. The fraction of sp³-hybridized carbons (Fsp3) is 0.364. The van der Waals surface area contributed by atoms with Gasteiger partial charge in [-0.15, -0.1) is 0 Å². The smallest absolute Gasteiger partial charge is 0.307 e. The van der Waals surface area contributed by atoms with E-state index in [-0.39, 0.29) is 23.5 Å². The number of aliphatic carboxylic acids is 1. The average molecular weight is 241 g/mol. The second kappa shape index (κ2) is 5.51. The molecule has 0 bridgehead atoms. The van der Waals surface area contributed by atoms with Gasteiger partial charge in [0, 0.05) is 5.56 Å². The molecule has 6 nitrogen and oxygen atoms in total. The topological polar surface area (TPSA) is 113 Å². The van der Waals surface area contributed by atoms with Crippen molar-refractivity contribution in [2.75, 3.05) is 13.7 Å². The fourth-order valence-electron chi connectivity index (χ4n) is 1.62. The average Bonchev–Trinajstić information content (AvgIpc) is 2.28. The van der Waals surface area contributed by atoms with Crippen LogP contribution in [-0.2, 0) is 11.2 Å². The maximum absolute atomic E-state index is 10.7. The number of benzene rings is 1. The molecule has 0 amide bonds. The number of methoxy groups -OCH3 is 1. The zero-order chi connectivity index (χ0) is 13.0. The minimum absolute atomic E-state index is 0.193. The maximum atomic E-state index is 10.7. The lowest BCUT2D eigenvalue weighted by Crippen LogP contribution is -2.18. The third-order valence-corrected chi connectivity index (χ3v) is 2.40. The zero-order valence-electron chi connectivity index (χ0n) is 9.38. The third kappa shape index (κ3) is 2.86. The number of rotatable bonds is 5. The van der Waals surface area contributed by atoms with Gasteiger partial charge in [-0.2, -0.15) is 0 Å². The minimum atomic E-state index is -1.04. The second-order valence-electron chi connectivity index (χ2n) is 3.55. The summed E-state index contributed by atoms with van der Waals surface area (Å²) in [6, 6.07) is 2.12. The number of carboxylic acid groups (broad SMARTS) is 1. The number of carbonyl (C=O) groups is 1. The molecule has 94 valence electrons. The molecule has 0 spiro atoms. The highest BCUT2D eigenvalue weighted by Gasteiger charge is 2.20. The van der Waals surface area contributed by atoms with Gasteiger partial charge in [-0.3, -0.25) is 4.79 Å². The molecule has 1 aromatic rings. The maximum Gasteiger partial charge on any atom is 0.307 e. The summed E-state index contributed by atoms with van der Waals surface area (Å²) in [5, 5.41) is 27.6. The van der Waals surface area contributed by atoms with Gasteiger partial charge in [-0.1, -0.05) is 6.07 Å². The number of aliphatic hydroxyl groups excluding tert-OH is 1. The van der Waals surface area contributed by atoms with Crippen molar-refractivity contribution < 1.29 is 24.9 Å². The molecule has 0 saturated carbocycles. The predicted octanol–water partition coefficient (Wildman–Crippen LogP) is 0.0200. The molecule has 1 atom stereocenters. The van der Waals surface area contributed by atoms with Crippen LogP contribution in [0.4, 0.5) is 0 Å². The summed E-state index contributed by atoms with van der Waals surface area (Å²) in [5.74, 6) is -1.08. The van der Waals surface area contributed by atoms with Crippen molar-refractivity contribution in [3.05, 3.63) is 23.3 Å². The van der Waals surface area contributed by atoms with Gasteiger partial charge >= 0.3 is 5.97 Å². The number of hydrogen-bond acceptors (Lipinski definition) is 5. The van der Waals surface area contributed by atoms with E-state index in [0.29, 0.717) is 5.56 Å². The molecule has 0 heterocycles. The van der Waals surface area contributed by atoms with Crippen LogP contribution in [0.5, 0.6) is 11.5 Å². The summed E-state index contributed by atoms with van der Waals surface area (Å²) >= 11 is 0. The highest BCUT2D eigenvalue weighted by molar-refractivity contribution is 5.72. The van der Waals surface area contributed by atoms with Gasteiger partial charge < -0.3 is 25.8 Å². The third-order valence-electron chi connectivity index (χ3n) is 2.40. The first kappa shape index (κ1) is 13.3. The Morgan fingerprint density at radius 2 is 2.18 bits per heavy atom. The molecule has 0 aliphatic rings. The van der Waals surface area contributed by atoms with Gasteiger partial charge in [0.1, 0.15) is 0 Å². The van der Waals surface area contributed by atoms with Crippen molar-refractivity contribution in [1.82, 2.24) is 0 Å². The van der Waals surface area contributed by atoms with Gasteiger partial charge in [-0.25, -0.2) is 0 Å². The van der Waals surface area contributed by atoms with E-state index in [9.17, 15) is 9.90 Å². The molecule has 6 heteroatoms. The quantitative estimate of drug-likeness (QED) is 0.578. The van der Waals surface area contributed by atoms with Gasteiger partial charge in [0.25, 0.3) is 0 Å². The number of aliphatic hydroxyl groups is 1. The Kier molecular flexibility index (Phi) is 4.30. The van der Waals surface area contributed by atoms with E-state index >= 15 is 0 Å². The van der Waals surface area contributed by atoms with Crippen LogP contribution in [0.3, 0.4) is 0 Å². The van der Waals surface area contributed by atoms with Crippen LogP contribution in [0, 0.1) is 0 Å². The van der Waals surface area contributed by atoms with Crippen LogP contribution < -0.4 is 10.5 Å². The molecule has 1 rings (SSSR count). The van der Waals surface area contributed by atoms with E-state index < -0.39 is 18.6 Å². The summed E-state index contributed by atoms with van der Waals surface area (Å²) in [5.41, 5.74) is 6.20. The highest BCUT2D eigenvalue weighted by atomic mass is 16.5.